The van der Waals surface area contributed by atoms with Crippen LogP contribution in [0.4, 0.5) is 10.5 Å². The second-order valence-corrected chi connectivity index (χ2v) is 7.05. The number of aromatic nitrogens is 2. The van der Waals surface area contributed by atoms with Crippen LogP contribution >= 0.6 is 0 Å². The molecule has 0 saturated heterocycles. The second-order valence-electron chi connectivity index (χ2n) is 7.05. The second kappa shape index (κ2) is 11.0. The first kappa shape index (κ1) is 21.4. The van der Waals surface area contributed by atoms with E-state index in [4.69, 9.17) is 9.47 Å². The Bertz CT molecular complexity index is 910. The molecule has 0 aliphatic rings. The van der Waals surface area contributed by atoms with Crippen molar-refractivity contribution in [3.8, 4) is 5.75 Å². The van der Waals surface area contributed by atoms with Crippen molar-refractivity contribution in [2.45, 2.75) is 26.2 Å². The predicted molar refractivity (Wildman–Crippen MR) is 116 cm³/mol. The van der Waals surface area contributed by atoms with E-state index in [-0.39, 0.29) is 6.03 Å². The fourth-order valence-corrected chi connectivity index (χ4v) is 2.98. The minimum atomic E-state index is -0.128. The minimum Gasteiger partial charge on any atom is -0.497 e. The number of hydrogen-bond acceptors (Lipinski definition) is 4. The largest absolute Gasteiger partial charge is 0.497 e. The molecule has 0 aliphatic carbocycles. The number of ether oxygens (including phenoxy) is 2. The van der Waals surface area contributed by atoms with E-state index in [9.17, 15) is 4.79 Å². The molecule has 7 nitrogen and oxygen atoms in total. The number of nitrogens with zero attached hydrogens (tertiary/aromatic N) is 3. The topological polar surface area (TPSA) is 68.6 Å². The van der Waals surface area contributed by atoms with Gasteiger partial charge in [-0.15, -0.1) is 0 Å². The van der Waals surface area contributed by atoms with E-state index in [0.29, 0.717) is 19.8 Å². The Morgan fingerprint density at radius 1 is 1.13 bits per heavy atom. The van der Waals surface area contributed by atoms with Gasteiger partial charge in [-0.05, 0) is 41.8 Å². The first-order valence-electron chi connectivity index (χ1n) is 9.91. The van der Waals surface area contributed by atoms with Crippen molar-refractivity contribution in [1.29, 1.82) is 0 Å². The molecule has 0 unspecified atom stereocenters. The standard InChI is InChI=1S/C23H28N4O3/c1-26(12-4-13-27-14-11-24-18-27)23(28)25-21-6-3-5-20(15-21)17-30-16-19-7-9-22(29-2)10-8-19/h3,5-11,14-15,18H,4,12-13,16-17H2,1-2H3,(H,25,28). The lowest BCUT2D eigenvalue weighted by Gasteiger charge is -2.18. The van der Waals surface area contributed by atoms with Gasteiger partial charge in [0.15, 0.2) is 0 Å². The van der Waals surface area contributed by atoms with Crippen LogP contribution in [0.3, 0.4) is 0 Å². The Hall–Kier alpha value is -3.32. The fourth-order valence-electron chi connectivity index (χ4n) is 2.98. The van der Waals surface area contributed by atoms with Crippen LogP contribution in [0, 0.1) is 0 Å². The van der Waals surface area contributed by atoms with Crippen LogP contribution in [-0.4, -0.2) is 41.2 Å². The summed E-state index contributed by atoms with van der Waals surface area (Å²) in [5.41, 5.74) is 2.84. The van der Waals surface area contributed by atoms with Gasteiger partial charge in [0.2, 0.25) is 0 Å². The molecule has 0 spiro atoms. The van der Waals surface area contributed by atoms with Gasteiger partial charge in [-0.2, -0.15) is 0 Å². The summed E-state index contributed by atoms with van der Waals surface area (Å²) < 4.78 is 13.0. The van der Waals surface area contributed by atoms with Crippen LogP contribution < -0.4 is 10.1 Å². The number of carbonyl (C=O) groups excluding carboxylic acids is 1. The van der Waals surface area contributed by atoms with E-state index < -0.39 is 0 Å². The van der Waals surface area contributed by atoms with Gasteiger partial charge in [-0.3, -0.25) is 0 Å². The number of urea groups is 1. The van der Waals surface area contributed by atoms with E-state index in [1.165, 1.54) is 0 Å². The van der Waals surface area contributed by atoms with Crippen molar-refractivity contribution in [3.63, 3.8) is 0 Å². The molecule has 2 amide bonds. The molecular weight excluding hydrogens is 380 g/mol. The van der Waals surface area contributed by atoms with E-state index in [2.05, 4.69) is 10.3 Å². The summed E-state index contributed by atoms with van der Waals surface area (Å²) >= 11 is 0. The molecule has 0 fully saturated rings. The molecule has 1 N–H and O–H groups in total. The number of hydrogen-bond donors (Lipinski definition) is 1. The summed E-state index contributed by atoms with van der Waals surface area (Å²) in [5.74, 6) is 0.828. The molecule has 1 heterocycles. The Kier molecular flexibility index (Phi) is 7.86. The van der Waals surface area contributed by atoms with Crippen molar-refractivity contribution in [2.75, 3.05) is 26.0 Å². The smallest absolute Gasteiger partial charge is 0.321 e. The minimum absolute atomic E-state index is 0.128. The highest BCUT2D eigenvalue weighted by Gasteiger charge is 2.09. The average Bonchev–Trinajstić information content (AvgIpc) is 3.28. The van der Waals surface area contributed by atoms with Crippen LogP contribution in [0.5, 0.6) is 5.75 Å². The molecule has 0 aliphatic heterocycles. The molecule has 0 radical (unpaired) electrons. The Labute approximate surface area is 177 Å². The SMILES string of the molecule is COc1ccc(COCc2cccc(NC(=O)N(C)CCCn3ccnc3)c2)cc1. The van der Waals surface area contributed by atoms with Crippen molar-refractivity contribution >= 4 is 11.7 Å². The van der Waals surface area contributed by atoms with Crippen molar-refractivity contribution in [1.82, 2.24) is 14.5 Å². The van der Waals surface area contributed by atoms with Gasteiger partial charge in [-0.1, -0.05) is 24.3 Å². The Morgan fingerprint density at radius 2 is 1.93 bits per heavy atom. The number of benzene rings is 2. The third kappa shape index (κ3) is 6.63. The molecular formula is C23H28N4O3. The van der Waals surface area contributed by atoms with Crippen LogP contribution in [0.25, 0.3) is 0 Å². The maximum atomic E-state index is 12.4. The van der Waals surface area contributed by atoms with Crippen molar-refractivity contribution in [2.24, 2.45) is 0 Å². The molecule has 0 atom stereocenters. The number of nitrogens with one attached hydrogen (secondary N) is 1. The zero-order valence-corrected chi connectivity index (χ0v) is 17.5. The van der Waals surface area contributed by atoms with E-state index in [1.807, 2.05) is 59.3 Å². The van der Waals surface area contributed by atoms with Gasteiger partial charge in [0, 0.05) is 38.2 Å². The number of rotatable bonds is 10. The lowest BCUT2D eigenvalue weighted by Crippen LogP contribution is -2.32. The number of aryl methyl sites for hydroxylation is 1. The Morgan fingerprint density at radius 3 is 2.67 bits per heavy atom. The molecule has 2 aromatic carbocycles. The lowest BCUT2D eigenvalue weighted by atomic mass is 10.2. The summed E-state index contributed by atoms with van der Waals surface area (Å²) in [4.78, 5) is 18.1. The third-order valence-electron chi connectivity index (χ3n) is 4.69. The van der Waals surface area contributed by atoms with Gasteiger partial charge in [0.25, 0.3) is 0 Å². The van der Waals surface area contributed by atoms with Gasteiger partial charge >= 0.3 is 6.03 Å². The number of carbonyl (C=O) groups is 1. The molecule has 158 valence electrons. The Balaban J connectivity index is 1.42. The zero-order chi connectivity index (χ0) is 21.2. The van der Waals surface area contributed by atoms with Gasteiger partial charge < -0.3 is 24.3 Å². The molecule has 0 saturated carbocycles. The summed E-state index contributed by atoms with van der Waals surface area (Å²) in [7, 11) is 3.45. The van der Waals surface area contributed by atoms with Crippen LogP contribution in [0.2, 0.25) is 0 Å². The maximum absolute atomic E-state index is 12.4. The molecule has 1 aromatic heterocycles. The summed E-state index contributed by atoms with van der Waals surface area (Å²) in [6.45, 7) is 2.48. The van der Waals surface area contributed by atoms with Crippen molar-refractivity contribution in [3.05, 3.63) is 78.4 Å². The maximum Gasteiger partial charge on any atom is 0.321 e. The number of amides is 2. The van der Waals surface area contributed by atoms with Crippen LogP contribution in [0.1, 0.15) is 17.5 Å². The monoisotopic (exact) mass is 408 g/mol. The first-order valence-corrected chi connectivity index (χ1v) is 9.91. The first-order chi connectivity index (χ1) is 14.6. The highest BCUT2D eigenvalue weighted by atomic mass is 16.5. The predicted octanol–water partition coefficient (Wildman–Crippen LogP) is 4.16. The number of imidazole rings is 1. The number of methoxy groups -OCH3 is 1. The molecule has 30 heavy (non-hydrogen) atoms. The molecule has 3 rings (SSSR count). The highest BCUT2D eigenvalue weighted by Crippen LogP contribution is 2.15. The summed E-state index contributed by atoms with van der Waals surface area (Å²) in [6.07, 6.45) is 6.31. The van der Waals surface area contributed by atoms with Gasteiger partial charge in [0.05, 0.1) is 26.7 Å². The average molecular weight is 409 g/mol. The van der Waals surface area contributed by atoms with Gasteiger partial charge in [-0.25, -0.2) is 9.78 Å². The van der Waals surface area contributed by atoms with Gasteiger partial charge in [0.1, 0.15) is 5.75 Å². The quantitative estimate of drug-likeness (QED) is 0.547. The molecule has 3 aromatic rings. The van der Waals surface area contributed by atoms with Crippen molar-refractivity contribution < 1.29 is 14.3 Å². The molecule has 0 bridgehead atoms. The van der Waals surface area contributed by atoms with E-state index >= 15 is 0 Å². The van der Waals surface area contributed by atoms with E-state index in [1.54, 1.807) is 31.6 Å². The summed E-state index contributed by atoms with van der Waals surface area (Å²) in [5, 5.41) is 2.94. The van der Waals surface area contributed by atoms with Crippen LogP contribution in [-0.2, 0) is 24.5 Å². The lowest BCUT2D eigenvalue weighted by molar-refractivity contribution is 0.107. The fraction of sp³-hybridized carbons (Fsp3) is 0.304. The molecule has 7 heteroatoms. The highest BCUT2D eigenvalue weighted by molar-refractivity contribution is 5.89. The van der Waals surface area contributed by atoms with Crippen LogP contribution in [0.15, 0.2) is 67.3 Å². The normalized spacial score (nSPS) is 10.6. The number of anilines is 1. The zero-order valence-electron chi connectivity index (χ0n) is 17.5. The third-order valence-corrected chi connectivity index (χ3v) is 4.69. The van der Waals surface area contributed by atoms with E-state index in [0.717, 1.165) is 35.5 Å². The summed E-state index contributed by atoms with van der Waals surface area (Å²) in [6, 6.07) is 15.4.